The molecular formula is C19H29NO3. The number of nitrogens with zero attached hydrogens (tertiary/aromatic N) is 1. The van der Waals surface area contributed by atoms with Crippen molar-refractivity contribution in [1.82, 2.24) is 4.90 Å². The van der Waals surface area contributed by atoms with Crippen LogP contribution in [0.5, 0.6) is 0 Å². The van der Waals surface area contributed by atoms with Crippen LogP contribution in [0, 0.1) is 0 Å². The number of imide groups is 1. The van der Waals surface area contributed by atoms with Crippen LogP contribution in [0.1, 0.15) is 64.9 Å². The first-order valence-corrected chi connectivity index (χ1v) is 8.29. The molecule has 1 aromatic rings. The summed E-state index contributed by atoms with van der Waals surface area (Å²) in [5, 5.41) is 0. The molecule has 23 heavy (non-hydrogen) atoms. The number of ether oxygens (including phenoxy) is 1. The van der Waals surface area contributed by atoms with Crippen LogP contribution in [-0.2, 0) is 9.53 Å². The van der Waals surface area contributed by atoms with E-state index in [1.807, 2.05) is 30.3 Å². The molecule has 0 radical (unpaired) electrons. The Morgan fingerprint density at radius 3 is 2.30 bits per heavy atom. The molecule has 4 nitrogen and oxygen atoms in total. The van der Waals surface area contributed by atoms with Crippen LogP contribution in [0.2, 0.25) is 0 Å². The summed E-state index contributed by atoms with van der Waals surface area (Å²) in [4.78, 5) is 25.5. The lowest BCUT2D eigenvalue weighted by Gasteiger charge is -2.25. The number of hydrogen-bond acceptors (Lipinski definition) is 3. The van der Waals surface area contributed by atoms with Gasteiger partial charge in [-0.05, 0) is 38.7 Å². The summed E-state index contributed by atoms with van der Waals surface area (Å²) in [6, 6.07) is 10.0. The van der Waals surface area contributed by atoms with Crippen LogP contribution in [0.3, 0.4) is 0 Å². The highest BCUT2D eigenvalue weighted by atomic mass is 16.6. The van der Waals surface area contributed by atoms with Crippen molar-refractivity contribution < 1.29 is 14.3 Å². The zero-order valence-electron chi connectivity index (χ0n) is 15.0. The van der Waals surface area contributed by atoms with Crippen LogP contribution in [-0.4, -0.2) is 29.5 Å². The van der Waals surface area contributed by atoms with Crippen molar-refractivity contribution in [3.8, 4) is 0 Å². The summed E-state index contributed by atoms with van der Waals surface area (Å²) in [6.07, 6.45) is 2.81. The van der Waals surface area contributed by atoms with Gasteiger partial charge in [-0.3, -0.25) is 9.69 Å². The fourth-order valence-electron chi connectivity index (χ4n) is 2.34. The molecule has 0 aliphatic rings. The smallest absolute Gasteiger partial charge is 0.416 e. The number of hydrogen-bond donors (Lipinski definition) is 0. The second-order valence-electron chi connectivity index (χ2n) is 6.89. The minimum absolute atomic E-state index is 0.133. The molecular weight excluding hydrogens is 290 g/mol. The van der Waals surface area contributed by atoms with Crippen molar-refractivity contribution in [2.24, 2.45) is 0 Å². The van der Waals surface area contributed by atoms with E-state index in [0.717, 1.165) is 29.7 Å². The lowest BCUT2D eigenvalue weighted by Crippen LogP contribution is -2.38. The summed E-state index contributed by atoms with van der Waals surface area (Å²) in [5.74, 6) is -0.0715. The Kier molecular flexibility index (Phi) is 7.27. The Morgan fingerprint density at radius 2 is 1.78 bits per heavy atom. The lowest BCUT2D eigenvalue weighted by atomic mass is 9.90. The number of carbonyl (C=O) groups excluding carboxylic acids is 2. The topological polar surface area (TPSA) is 46.6 Å². The SMILES string of the molecule is CCCC[C@H](CC(=O)N(C)C(=O)OC(C)(C)C)c1ccccc1. The molecule has 0 saturated heterocycles. The van der Waals surface area contributed by atoms with Gasteiger partial charge in [0.05, 0.1) is 0 Å². The summed E-state index contributed by atoms with van der Waals surface area (Å²) in [7, 11) is 1.48. The number of rotatable bonds is 6. The van der Waals surface area contributed by atoms with Crippen LogP contribution < -0.4 is 0 Å². The molecule has 0 heterocycles. The molecule has 1 atom stereocenters. The molecule has 0 aliphatic carbocycles. The number of unbranched alkanes of at least 4 members (excludes halogenated alkanes) is 1. The Balaban J connectivity index is 2.75. The molecule has 1 aromatic carbocycles. The second kappa shape index (κ2) is 8.70. The maximum Gasteiger partial charge on any atom is 0.416 e. The molecule has 0 unspecified atom stereocenters. The van der Waals surface area contributed by atoms with Crippen LogP contribution >= 0.6 is 0 Å². The van der Waals surface area contributed by atoms with Gasteiger partial charge in [0.25, 0.3) is 0 Å². The van der Waals surface area contributed by atoms with Gasteiger partial charge in [0.2, 0.25) is 5.91 Å². The highest BCUT2D eigenvalue weighted by Gasteiger charge is 2.26. The standard InChI is InChI=1S/C19H29NO3/c1-6-7-11-16(15-12-9-8-10-13-15)14-17(21)20(5)18(22)23-19(2,3)4/h8-10,12-13,16H,6-7,11,14H2,1-5H3/t16-/m1/s1. The summed E-state index contributed by atoms with van der Waals surface area (Å²) in [6.45, 7) is 7.50. The zero-order valence-corrected chi connectivity index (χ0v) is 15.0. The van der Waals surface area contributed by atoms with Crippen molar-refractivity contribution in [2.75, 3.05) is 7.05 Å². The predicted molar refractivity (Wildman–Crippen MR) is 92.3 cm³/mol. The first-order chi connectivity index (χ1) is 10.7. The normalized spacial score (nSPS) is 12.6. The second-order valence-corrected chi connectivity index (χ2v) is 6.89. The first kappa shape index (κ1) is 19.2. The number of amides is 2. The molecule has 0 aromatic heterocycles. The fraction of sp³-hybridized carbons (Fsp3) is 0.579. The van der Waals surface area contributed by atoms with Gasteiger partial charge in [-0.2, -0.15) is 0 Å². The van der Waals surface area contributed by atoms with Crippen LogP contribution in [0.4, 0.5) is 4.79 Å². The van der Waals surface area contributed by atoms with Gasteiger partial charge < -0.3 is 4.74 Å². The van der Waals surface area contributed by atoms with Gasteiger partial charge in [0.1, 0.15) is 5.60 Å². The predicted octanol–water partition coefficient (Wildman–Crippen LogP) is 4.74. The minimum atomic E-state index is -0.604. The van der Waals surface area contributed by atoms with E-state index in [4.69, 9.17) is 4.74 Å². The highest BCUT2D eigenvalue weighted by molar-refractivity contribution is 5.92. The van der Waals surface area contributed by atoms with Crippen molar-refractivity contribution >= 4 is 12.0 Å². The lowest BCUT2D eigenvalue weighted by molar-refractivity contribution is -0.129. The molecule has 0 spiro atoms. The fourth-order valence-corrected chi connectivity index (χ4v) is 2.34. The third kappa shape index (κ3) is 6.85. The van der Waals surface area contributed by atoms with Crippen molar-refractivity contribution in [1.29, 1.82) is 0 Å². The molecule has 0 aliphatic heterocycles. The average molecular weight is 319 g/mol. The molecule has 0 bridgehead atoms. The summed E-state index contributed by atoms with van der Waals surface area (Å²) in [5.41, 5.74) is 0.541. The van der Waals surface area contributed by atoms with E-state index < -0.39 is 11.7 Å². The van der Waals surface area contributed by atoms with E-state index in [1.165, 1.54) is 7.05 Å². The van der Waals surface area contributed by atoms with E-state index >= 15 is 0 Å². The van der Waals surface area contributed by atoms with Crippen molar-refractivity contribution in [2.45, 2.75) is 64.9 Å². The Hall–Kier alpha value is -1.84. The van der Waals surface area contributed by atoms with Crippen LogP contribution in [0.15, 0.2) is 30.3 Å². The number of benzene rings is 1. The summed E-state index contributed by atoms with van der Waals surface area (Å²) < 4.78 is 5.26. The summed E-state index contributed by atoms with van der Waals surface area (Å²) >= 11 is 0. The van der Waals surface area contributed by atoms with Gasteiger partial charge >= 0.3 is 6.09 Å². The van der Waals surface area contributed by atoms with Gasteiger partial charge in [0, 0.05) is 13.5 Å². The molecule has 1 rings (SSSR count). The minimum Gasteiger partial charge on any atom is -0.443 e. The molecule has 2 amide bonds. The van der Waals surface area contributed by atoms with E-state index in [2.05, 4.69) is 6.92 Å². The van der Waals surface area contributed by atoms with E-state index in [0.29, 0.717) is 6.42 Å². The van der Waals surface area contributed by atoms with Crippen molar-refractivity contribution in [3.05, 3.63) is 35.9 Å². The maximum absolute atomic E-state index is 12.4. The van der Waals surface area contributed by atoms with Gasteiger partial charge in [0.15, 0.2) is 0 Å². The molecule has 0 fully saturated rings. The molecule has 0 saturated carbocycles. The molecule has 0 N–H and O–H groups in total. The third-order valence-corrected chi connectivity index (χ3v) is 3.64. The van der Waals surface area contributed by atoms with Crippen molar-refractivity contribution in [3.63, 3.8) is 0 Å². The Labute approximate surface area is 139 Å². The monoisotopic (exact) mass is 319 g/mol. The van der Waals surface area contributed by atoms with E-state index in [9.17, 15) is 9.59 Å². The first-order valence-electron chi connectivity index (χ1n) is 8.29. The van der Waals surface area contributed by atoms with Gasteiger partial charge in [-0.1, -0.05) is 50.1 Å². The number of carbonyl (C=O) groups is 2. The van der Waals surface area contributed by atoms with E-state index in [1.54, 1.807) is 20.8 Å². The average Bonchev–Trinajstić information content (AvgIpc) is 2.49. The zero-order chi connectivity index (χ0) is 17.5. The molecule has 128 valence electrons. The van der Waals surface area contributed by atoms with Gasteiger partial charge in [-0.15, -0.1) is 0 Å². The third-order valence-electron chi connectivity index (χ3n) is 3.64. The van der Waals surface area contributed by atoms with E-state index in [-0.39, 0.29) is 11.8 Å². The van der Waals surface area contributed by atoms with Gasteiger partial charge in [-0.25, -0.2) is 4.79 Å². The quantitative estimate of drug-likeness (QED) is 0.760. The Morgan fingerprint density at radius 1 is 1.17 bits per heavy atom. The van der Waals surface area contributed by atoms with Crippen LogP contribution in [0.25, 0.3) is 0 Å². The Bertz CT molecular complexity index is 505. The highest BCUT2D eigenvalue weighted by Crippen LogP contribution is 2.26. The molecule has 4 heteroatoms. The largest absolute Gasteiger partial charge is 0.443 e. The maximum atomic E-state index is 12.4.